The number of carbonyl (C=O) groups excluding carboxylic acids is 2. The number of carbonyl (C=O) groups is 2. The number of anilines is 1. The molecule has 2 rings (SSSR count). The van der Waals surface area contributed by atoms with Crippen LogP contribution in [-0.4, -0.2) is 36.9 Å². The molecule has 0 bridgehead atoms. The van der Waals surface area contributed by atoms with Crippen LogP contribution < -0.4 is 10.6 Å². The van der Waals surface area contributed by atoms with Gasteiger partial charge in [-0.3, -0.25) is 9.59 Å². The van der Waals surface area contributed by atoms with Crippen LogP contribution in [0.15, 0.2) is 24.3 Å². The van der Waals surface area contributed by atoms with Crippen molar-refractivity contribution in [3.8, 4) is 0 Å². The second kappa shape index (κ2) is 7.22. The quantitative estimate of drug-likeness (QED) is 0.801. The average molecular weight is 289 g/mol. The second-order valence-corrected chi connectivity index (χ2v) is 5.70. The van der Waals surface area contributed by atoms with E-state index in [1.54, 1.807) is 11.9 Å². The first-order valence-electron chi connectivity index (χ1n) is 7.36. The van der Waals surface area contributed by atoms with Crippen LogP contribution in [0.5, 0.6) is 0 Å². The third kappa shape index (κ3) is 5.55. The molecule has 0 spiro atoms. The highest BCUT2D eigenvalue weighted by molar-refractivity contribution is 5.92. The van der Waals surface area contributed by atoms with E-state index in [9.17, 15) is 9.59 Å². The molecule has 2 N–H and O–H groups in total. The van der Waals surface area contributed by atoms with Crippen molar-refractivity contribution in [2.75, 3.05) is 25.5 Å². The van der Waals surface area contributed by atoms with Gasteiger partial charge in [0.15, 0.2) is 0 Å². The highest BCUT2D eigenvalue weighted by Crippen LogP contribution is 2.27. The van der Waals surface area contributed by atoms with Crippen molar-refractivity contribution in [3.63, 3.8) is 0 Å². The van der Waals surface area contributed by atoms with Crippen molar-refractivity contribution in [1.29, 1.82) is 0 Å². The number of nitrogens with zero attached hydrogens (tertiary/aromatic N) is 1. The van der Waals surface area contributed by atoms with E-state index in [1.165, 1.54) is 19.8 Å². The molecule has 1 aromatic carbocycles. The predicted molar refractivity (Wildman–Crippen MR) is 82.8 cm³/mol. The molecular formula is C16H23N3O2. The maximum atomic E-state index is 11.8. The molecule has 0 heterocycles. The van der Waals surface area contributed by atoms with E-state index in [0.29, 0.717) is 13.1 Å². The van der Waals surface area contributed by atoms with E-state index in [0.717, 1.165) is 23.7 Å². The van der Waals surface area contributed by atoms with E-state index < -0.39 is 0 Å². The molecule has 0 aromatic heterocycles. The summed E-state index contributed by atoms with van der Waals surface area (Å²) < 4.78 is 0. The molecule has 5 heteroatoms. The molecule has 1 saturated carbocycles. The summed E-state index contributed by atoms with van der Waals surface area (Å²) in [6.45, 7) is 3.35. The normalized spacial score (nSPS) is 13.8. The van der Waals surface area contributed by atoms with Gasteiger partial charge in [-0.1, -0.05) is 12.1 Å². The summed E-state index contributed by atoms with van der Waals surface area (Å²) in [6.07, 6.45) is 2.56. The van der Waals surface area contributed by atoms with E-state index in [4.69, 9.17) is 0 Å². The highest BCUT2D eigenvalue weighted by Gasteiger charge is 2.20. The van der Waals surface area contributed by atoms with E-state index in [-0.39, 0.29) is 11.8 Å². The monoisotopic (exact) mass is 289 g/mol. The van der Waals surface area contributed by atoms with E-state index in [2.05, 4.69) is 10.6 Å². The maximum absolute atomic E-state index is 11.8. The largest absolute Gasteiger partial charge is 0.342 e. The Morgan fingerprint density at radius 2 is 2.10 bits per heavy atom. The number of hydrogen-bond donors (Lipinski definition) is 2. The third-order valence-electron chi connectivity index (χ3n) is 3.58. The van der Waals surface area contributed by atoms with Gasteiger partial charge in [0, 0.05) is 26.2 Å². The van der Waals surface area contributed by atoms with Crippen LogP contribution in [0.25, 0.3) is 0 Å². The van der Waals surface area contributed by atoms with E-state index >= 15 is 0 Å². The summed E-state index contributed by atoms with van der Waals surface area (Å²) >= 11 is 0. The van der Waals surface area contributed by atoms with Crippen LogP contribution in [0, 0.1) is 5.92 Å². The van der Waals surface area contributed by atoms with Gasteiger partial charge < -0.3 is 15.5 Å². The first-order valence-corrected chi connectivity index (χ1v) is 7.36. The van der Waals surface area contributed by atoms with Crippen LogP contribution in [0.3, 0.4) is 0 Å². The molecule has 0 radical (unpaired) electrons. The zero-order valence-electron chi connectivity index (χ0n) is 12.7. The molecule has 0 aliphatic heterocycles. The van der Waals surface area contributed by atoms with Gasteiger partial charge in [0.2, 0.25) is 11.8 Å². The fraction of sp³-hybridized carbons (Fsp3) is 0.500. The van der Waals surface area contributed by atoms with Gasteiger partial charge in [0.1, 0.15) is 0 Å². The second-order valence-electron chi connectivity index (χ2n) is 5.70. The molecule has 114 valence electrons. The Morgan fingerprint density at radius 1 is 1.33 bits per heavy atom. The summed E-state index contributed by atoms with van der Waals surface area (Å²) in [5.41, 5.74) is 1.76. The SMILES string of the molecule is CC(=O)N(C)Cc1cccc(NC(=O)CNCC2CC2)c1. The molecule has 21 heavy (non-hydrogen) atoms. The van der Waals surface area contributed by atoms with Crippen LogP contribution in [0.2, 0.25) is 0 Å². The van der Waals surface area contributed by atoms with Gasteiger partial charge in [0.25, 0.3) is 0 Å². The smallest absolute Gasteiger partial charge is 0.238 e. The van der Waals surface area contributed by atoms with Gasteiger partial charge in [0.05, 0.1) is 6.54 Å². The molecule has 1 aliphatic rings. The van der Waals surface area contributed by atoms with Crippen LogP contribution in [0.1, 0.15) is 25.3 Å². The van der Waals surface area contributed by atoms with Gasteiger partial charge in [-0.25, -0.2) is 0 Å². The maximum Gasteiger partial charge on any atom is 0.238 e. The summed E-state index contributed by atoms with van der Waals surface area (Å²) in [5, 5.41) is 6.04. The minimum absolute atomic E-state index is 0.0220. The summed E-state index contributed by atoms with van der Waals surface area (Å²) in [5.74, 6) is 0.754. The number of benzene rings is 1. The summed E-state index contributed by atoms with van der Waals surface area (Å²) in [4.78, 5) is 24.7. The Labute approximate surface area is 125 Å². The Bertz CT molecular complexity index is 512. The number of rotatable bonds is 7. The van der Waals surface area contributed by atoms with Crippen molar-refractivity contribution in [2.24, 2.45) is 5.92 Å². The highest BCUT2D eigenvalue weighted by atomic mass is 16.2. The topological polar surface area (TPSA) is 61.4 Å². The first kappa shape index (κ1) is 15.5. The Balaban J connectivity index is 1.81. The first-order chi connectivity index (χ1) is 10.0. The predicted octanol–water partition coefficient (Wildman–Crippen LogP) is 1.60. The van der Waals surface area contributed by atoms with Gasteiger partial charge in [-0.2, -0.15) is 0 Å². The molecule has 0 atom stereocenters. The van der Waals surface area contributed by atoms with Crippen LogP contribution in [-0.2, 0) is 16.1 Å². The van der Waals surface area contributed by atoms with Crippen molar-refractivity contribution >= 4 is 17.5 Å². The lowest BCUT2D eigenvalue weighted by atomic mass is 10.2. The molecule has 5 nitrogen and oxygen atoms in total. The lowest BCUT2D eigenvalue weighted by Gasteiger charge is -2.15. The van der Waals surface area contributed by atoms with Gasteiger partial charge in [-0.05, 0) is 43.0 Å². The minimum Gasteiger partial charge on any atom is -0.342 e. The Hall–Kier alpha value is -1.88. The lowest BCUT2D eigenvalue weighted by molar-refractivity contribution is -0.128. The number of amides is 2. The van der Waals surface area contributed by atoms with Crippen molar-refractivity contribution in [2.45, 2.75) is 26.3 Å². The minimum atomic E-state index is -0.0345. The summed E-state index contributed by atoms with van der Waals surface area (Å²) in [7, 11) is 1.76. The number of hydrogen-bond acceptors (Lipinski definition) is 3. The van der Waals surface area contributed by atoms with Crippen molar-refractivity contribution < 1.29 is 9.59 Å². The zero-order valence-corrected chi connectivity index (χ0v) is 12.7. The molecular weight excluding hydrogens is 266 g/mol. The van der Waals surface area contributed by atoms with Gasteiger partial charge >= 0.3 is 0 Å². The van der Waals surface area contributed by atoms with Crippen molar-refractivity contribution in [3.05, 3.63) is 29.8 Å². The molecule has 2 amide bonds. The van der Waals surface area contributed by atoms with E-state index in [1.807, 2.05) is 24.3 Å². The standard InChI is InChI=1S/C16H23N3O2/c1-12(20)19(2)11-14-4-3-5-15(8-14)18-16(21)10-17-9-13-6-7-13/h3-5,8,13,17H,6-7,9-11H2,1-2H3,(H,18,21). The Morgan fingerprint density at radius 3 is 2.76 bits per heavy atom. The molecule has 1 fully saturated rings. The molecule has 0 unspecified atom stereocenters. The summed E-state index contributed by atoms with van der Waals surface area (Å²) in [6, 6.07) is 7.59. The molecule has 1 aromatic rings. The molecule has 0 saturated heterocycles. The lowest BCUT2D eigenvalue weighted by Crippen LogP contribution is -2.29. The van der Waals surface area contributed by atoms with Crippen molar-refractivity contribution in [1.82, 2.24) is 10.2 Å². The third-order valence-corrected chi connectivity index (χ3v) is 3.58. The average Bonchev–Trinajstić information content (AvgIpc) is 3.23. The molecule has 1 aliphatic carbocycles. The fourth-order valence-corrected chi connectivity index (χ4v) is 2.05. The van der Waals surface area contributed by atoms with Gasteiger partial charge in [-0.15, -0.1) is 0 Å². The fourth-order valence-electron chi connectivity index (χ4n) is 2.05. The number of nitrogens with one attached hydrogen (secondary N) is 2. The van der Waals surface area contributed by atoms with Crippen LogP contribution >= 0.6 is 0 Å². The zero-order chi connectivity index (χ0) is 15.2. The Kier molecular flexibility index (Phi) is 5.33. The van der Waals surface area contributed by atoms with Crippen LogP contribution in [0.4, 0.5) is 5.69 Å².